The average Bonchev–Trinajstić information content (AvgIpc) is 2.66. The van der Waals surface area contributed by atoms with E-state index >= 15 is 0 Å². The van der Waals surface area contributed by atoms with E-state index < -0.39 is 5.97 Å². The maximum atomic E-state index is 11.0. The van der Waals surface area contributed by atoms with Crippen molar-refractivity contribution in [2.24, 2.45) is 23.7 Å². The van der Waals surface area contributed by atoms with Crippen LogP contribution in [0.25, 0.3) is 0 Å². The summed E-state index contributed by atoms with van der Waals surface area (Å²) in [5.74, 6) is 1.93. The number of carbonyl (C=O) groups is 1. The summed E-state index contributed by atoms with van der Waals surface area (Å²) in [7, 11) is 0. The number of allylic oxidation sites excluding steroid dienone is 3. The number of aliphatic carboxylic acids is 1. The van der Waals surface area contributed by atoms with E-state index in [2.05, 4.69) is 32.9 Å². The van der Waals surface area contributed by atoms with Gasteiger partial charge in [0.15, 0.2) is 0 Å². The molecule has 1 aliphatic rings. The van der Waals surface area contributed by atoms with E-state index in [0.717, 1.165) is 19.3 Å². The van der Waals surface area contributed by atoms with E-state index in [1.165, 1.54) is 51.4 Å². The molecule has 2 N–H and O–H groups in total. The molecule has 0 spiro atoms. The molecule has 162 valence electrons. The number of carboxylic acids is 1. The third-order valence-corrected chi connectivity index (χ3v) is 6.26. The van der Waals surface area contributed by atoms with Gasteiger partial charge in [0.05, 0.1) is 6.10 Å². The van der Waals surface area contributed by atoms with Crippen molar-refractivity contribution in [3.63, 3.8) is 0 Å². The number of carboxylic acid groups (broad SMARTS) is 1. The third kappa shape index (κ3) is 11.7. The molecule has 0 bridgehead atoms. The highest BCUT2D eigenvalue weighted by atomic mass is 16.4. The quantitative estimate of drug-likeness (QED) is 0.253. The maximum absolute atomic E-state index is 11.0. The van der Waals surface area contributed by atoms with Gasteiger partial charge in [0.2, 0.25) is 0 Å². The molecule has 0 amide bonds. The molecule has 3 nitrogen and oxygen atoms in total. The molecule has 0 saturated heterocycles. The molecule has 0 aromatic rings. The molecule has 1 fully saturated rings. The summed E-state index contributed by atoms with van der Waals surface area (Å²) in [5, 5.41) is 19.0. The van der Waals surface area contributed by atoms with Crippen LogP contribution in [0.4, 0.5) is 0 Å². The minimum absolute atomic E-state index is 0.313. The lowest BCUT2D eigenvalue weighted by Crippen LogP contribution is -2.22. The van der Waals surface area contributed by atoms with Gasteiger partial charge in [0.1, 0.15) is 0 Å². The molecule has 0 aromatic carbocycles. The highest BCUT2D eigenvalue weighted by Gasteiger charge is 2.27. The Morgan fingerprint density at radius 3 is 2.32 bits per heavy atom. The molecule has 0 aromatic heterocycles. The number of hydrogen-bond acceptors (Lipinski definition) is 2. The lowest BCUT2D eigenvalue weighted by molar-refractivity contribution is -0.137. The van der Waals surface area contributed by atoms with Crippen molar-refractivity contribution in [1.29, 1.82) is 0 Å². The summed E-state index contributed by atoms with van der Waals surface area (Å²) in [4.78, 5) is 11.0. The van der Waals surface area contributed by atoms with Crippen LogP contribution in [0.1, 0.15) is 97.8 Å². The van der Waals surface area contributed by atoms with E-state index in [0.29, 0.717) is 30.1 Å². The number of hydrogen-bond donors (Lipinski definition) is 2. The molecule has 1 saturated carbocycles. The minimum Gasteiger partial charge on any atom is -0.481 e. The molecule has 1 rings (SSSR count). The first kappa shape index (κ1) is 24.9. The fourth-order valence-corrected chi connectivity index (χ4v) is 4.39. The van der Waals surface area contributed by atoms with Crippen molar-refractivity contribution in [3.05, 3.63) is 24.3 Å². The van der Waals surface area contributed by atoms with Gasteiger partial charge in [0, 0.05) is 6.42 Å². The Morgan fingerprint density at radius 2 is 1.71 bits per heavy atom. The van der Waals surface area contributed by atoms with Crippen LogP contribution < -0.4 is 0 Å². The van der Waals surface area contributed by atoms with Gasteiger partial charge in [-0.05, 0) is 68.6 Å². The first-order chi connectivity index (χ1) is 13.4. The molecule has 28 heavy (non-hydrogen) atoms. The number of aliphatic hydroxyl groups is 1. The second kappa shape index (κ2) is 14.8. The molecule has 0 heterocycles. The highest BCUT2D eigenvalue weighted by molar-refractivity contribution is 5.66. The zero-order chi connectivity index (χ0) is 20.8. The van der Waals surface area contributed by atoms with Crippen LogP contribution in [0.3, 0.4) is 0 Å². The molecule has 2 atom stereocenters. The lowest BCUT2D eigenvalue weighted by Gasteiger charge is -2.33. The van der Waals surface area contributed by atoms with Crippen LogP contribution in [0.5, 0.6) is 0 Å². The third-order valence-electron chi connectivity index (χ3n) is 6.26. The summed E-state index contributed by atoms with van der Waals surface area (Å²) >= 11 is 0. The molecule has 0 radical (unpaired) electrons. The van der Waals surface area contributed by atoms with Crippen LogP contribution in [0, 0.1) is 23.7 Å². The van der Waals surface area contributed by atoms with Crippen LogP contribution >= 0.6 is 0 Å². The van der Waals surface area contributed by atoms with Crippen LogP contribution in [0.2, 0.25) is 0 Å². The van der Waals surface area contributed by atoms with E-state index in [-0.39, 0.29) is 6.10 Å². The molecular formula is C25H44O3. The Kier molecular flexibility index (Phi) is 13.2. The van der Waals surface area contributed by atoms with Gasteiger partial charge in [-0.1, -0.05) is 70.8 Å². The monoisotopic (exact) mass is 392 g/mol. The number of rotatable bonds is 14. The van der Waals surface area contributed by atoms with Gasteiger partial charge < -0.3 is 10.2 Å². The Balaban J connectivity index is 2.38. The summed E-state index contributed by atoms with van der Waals surface area (Å²) in [5.41, 5.74) is 0. The normalized spacial score (nSPS) is 22.9. The van der Waals surface area contributed by atoms with Gasteiger partial charge in [-0.2, -0.15) is 0 Å². The Labute approximate surface area is 173 Å². The summed E-state index contributed by atoms with van der Waals surface area (Å²) in [6.07, 6.45) is 20.7. The Hall–Kier alpha value is -1.09. The van der Waals surface area contributed by atoms with Gasteiger partial charge in [-0.25, -0.2) is 0 Å². The van der Waals surface area contributed by atoms with Crippen molar-refractivity contribution in [2.45, 2.75) is 104 Å². The van der Waals surface area contributed by atoms with E-state index in [1.807, 2.05) is 12.2 Å². The van der Waals surface area contributed by atoms with Crippen LogP contribution in [0.15, 0.2) is 24.3 Å². The van der Waals surface area contributed by atoms with Crippen molar-refractivity contribution in [2.75, 3.05) is 0 Å². The molecule has 1 aliphatic carbocycles. The van der Waals surface area contributed by atoms with Crippen LogP contribution in [-0.4, -0.2) is 22.3 Å². The van der Waals surface area contributed by atoms with E-state index in [4.69, 9.17) is 5.11 Å². The molecule has 0 unspecified atom stereocenters. The van der Waals surface area contributed by atoms with Crippen molar-refractivity contribution in [1.82, 2.24) is 0 Å². The Morgan fingerprint density at radius 1 is 1.00 bits per heavy atom. The SMILES string of the molecule is CCCCC[C@H](O)/C=C/C=C/C1CCC([C@@H](CCC(=O)O)CCC(C)C)CC1. The van der Waals surface area contributed by atoms with E-state index in [1.54, 1.807) is 0 Å². The Bertz CT molecular complexity index is 458. The predicted octanol–water partition coefficient (Wildman–Crippen LogP) is 6.76. The van der Waals surface area contributed by atoms with Gasteiger partial charge in [0.25, 0.3) is 0 Å². The topological polar surface area (TPSA) is 57.5 Å². The molecule has 0 aliphatic heterocycles. The first-order valence-corrected chi connectivity index (χ1v) is 11.7. The number of unbranched alkanes of at least 4 members (excludes halogenated alkanes) is 2. The van der Waals surface area contributed by atoms with E-state index in [9.17, 15) is 9.90 Å². The highest BCUT2D eigenvalue weighted by Crippen LogP contribution is 2.38. The summed E-state index contributed by atoms with van der Waals surface area (Å²) < 4.78 is 0. The largest absolute Gasteiger partial charge is 0.481 e. The average molecular weight is 393 g/mol. The van der Waals surface area contributed by atoms with Gasteiger partial charge in [-0.3, -0.25) is 4.79 Å². The minimum atomic E-state index is -0.658. The fourth-order valence-electron chi connectivity index (χ4n) is 4.39. The van der Waals surface area contributed by atoms with Crippen molar-refractivity contribution in [3.8, 4) is 0 Å². The summed E-state index contributed by atoms with van der Waals surface area (Å²) in [6.45, 7) is 6.69. The second-order valence-electron chi connectivity index (χ2n) is 9.17. The first-order valence-electron chi connectivity index (χ1n) is 11.7. The molecule has 3 heteroatoms. The predicted molar refractivity (Wildman–Crippen MR) is 118 cm³/mol. The fraction of sp³-hybridized carbons (Fsp3) is 0.800. The van der Waals surface area contributed by atoms with Crippen molar-refractivity contribution < 1.29 is 15.0 Å². The lowest BCUT2D eigenvalue weighted by atomic mass is 9.72. The second-order valence-corrected chi connectivity index (χ2v) is 9.17. The van der Waals surface area contributed by atoms with Gasteiger partial charge >= 0.3 is 5.97 Å². The van der Waals surface area contributed by atoms with Crippen LogP contribution in [-0.2, 0) is 4.79 Å². The van der Waals surface area contributed by atoms with Gasteiger partial charge in [-0.15, -0.1) is 0 Å². The zero-order valence-corrected chi connectivity index (χ0v) is 18.5. The maximum Gasteiger partial charge on any atom is 0.303 e. The zero-order valence-electron chi connectivity index (χ0n) is 18.5. The number of aliphatic hydroxyl groups excluding tert-OH is 1. The molecular weight excluding hydrogens is 348 g/mol. The smallest absolute Gasteiger partial charge is 0.303 e. The standard InChI is InChI=1S/C25H44O3/c1-4-5-6-10-24(26)11-8-7-9-21-13-16-23(17-14-21)22(15-12-20(2)3)18-19-25(27)28/h7-9,11,20-24,26H,4-6,10,12-19H2,1-3H3,(H,27,28)/b9-7+,11-8+/t21?,22-,23?,24+/m1/s1. The summed E-state index contributed by atoms with van der Waals surface area (Å²) in [6, 6.07) is 0. The van der Waals surface area contributed by atoms with Crippen molar-refractivity contribution >= 4 is 5.97 Å².